The van der Waals surface area contributed by atoms with Gasteiger partial charge in [0.2, 0.25) is 0 Å². The average Bonchev–Trinajstić information content (AvgIpc) is 2.17. The highest BCUT2D eigenvalue weighted by atomic mass is 127. The molecule has 0 saturated heterocycles. The van der Waals surface area contributed by atoms with Gasteiger partial charge in [0.25, 0.3) is 0 Å². The minimum absolute atomic E-state index is 0.0234. The maximum Gasteiger partial charge on any atom is 0.409 e. The molecule has 14 heavy (non-hydrogen) atoms. The topological polar surface area (TPSA) is 52.3 Å². The predicted octanol–water partition coefficient (Wildman–Crippen LogP) is 2.25. The van der Waals surface area contributed by atoms with Crippen molar-refractivity contribution in [3.8, 4) is 18.1 Å². The number of terminal acetylenes is 1. The van der Waals surface area contributed by atoms with Gasteiger partial charge in [0, 0.05) is 0 Å². The van der Waals surface area contributed by atoms with E-state index in [-0.39, 0.29) is 3.92 Å². The molecule has 0 radical (unpaired) electrons. The Hall–Kier alpha value is -1.22. The summed E-state index contributed by atoms with van der Waals surface area (Å²) in [7, 11) is 0. The van der Waals surface area contributed by atoms with Crippen LogP contribution < -0.4 is 10.5 Å². The number of benzene rings is 1. The SMILES string of the molecule is C#CC(I)c1ccc(OC(N)=O)cc1. The average molecular weight is 301 g/mol. The van der Waals surface area contributed by atoms with E-state index in [1.165, 1.54) is 0 Å². The van der Waals surface area contributed by atoms with Crippen LogP contribution in [0.4, 0.5) is 4.79 Å². The van der Waals surface area contributed by atoms with E-state index in [0.29, 0.717) is 5.75 Å². The summed E-state index contributed by atoms with van der Waals surface area (Å²) in [5.41, 5.74) is 5.84. The van der Waals surface area contributed by atoms with Crippen LogP contribution in [0, 0.1) is 12.3 Å². The van der Waals surface area contributed by atoms with Gasteiger partial charge in [0.05, 0.1) is 3.92 Å². The second kappa shape index (κ2) is 4.86. The zero-order chi connectivity index (χ0) is 10.6. The molecule has 1 unspecified atom stereocenters. The lowest BCUT2D eigenvalue weighted by Gasteiger charge is -2.04. The lowest BCUT2D eigenvalue weighted by atomic mass is 10.1. The van der Waals surface area contributed by atoms with Crippen LogP contribution in [0.15, 0.2) is 24.3 Å². The molecule has 0 bridgehead atoms. The fourth-order valence-electron chi connectivity index (χ4n) is 0.917. The highest BCUT2D eigenvalue weighted by Crippen LogP contribution is 2.24. The largest absolute Gasteiger partial charge is 0.411 e. The molecule has 0 saturated carbocycles. The summed E-state index contributed by atoms with van der Waals surface area (Å²) in [6.45, 7) is 0. The fraction of sp³-hybridized carbons (Fsp3) is 0.100. The summed E-state index contributed by atoms with van der Waals surface area (Å²) in [6.07, 6.45) is 4.44. The maximum atomic E-state index is 10.4. The third-order valence-electron chi connectivity index (χ3n) is 1.54. The summed E-state index contributed by atoms with van der Waals surface area (Å²) in [5, 5.41) is 0. The summed E-state index contributed by atoms with van der Waals surface area (Å²) < 4.78 is 4.69. The molecule has 0 aliphatic rings. The van der Waals surface area contributed by atoms with Crippen molar-refractivity contribution in [3.05, 3.63) is 29.8 Å². The van der Waals surface area contributed by atoms with Crippen molar-refractivity contribution in [2.75, 3.05) is 0 Å². The van der Waals surface area contributed by atoms with Crippen LogP contribution in [0.1, 0.15) is 9.49 Å². The van der Waals surface area contributed by atoms with E-state index in [4.69, 9.17) is 12.2 Å². The number of halogens is 1. The zero-order valence-corrected chi connectivity index (χ0v) is 9.39. The third kappa shape index (κ3) is 2.92. The fourth-order valence-corrected chi connectivity index (χ4v) is 1.33. The van der Waals surface area contributed by atoms with Gasteiger partial charge in [0.15, 0.2) is 0 Å². The molecule has 0 fully saturated rings. The number of ether oxygens (including phenoxy) is 1. The zero-order valence-electron chi connectivity index (χ0n) is 7.24. The summed E-state index contributed by atoms with van der Waals surface area (Å²) in [5.74, 6) is 3.01. The van der Waals surface area contributed by atoms with Gasteiger partial charge in [-0.25, -0.2) is 4.79 Å². The minimum Gasteiger partial charge on any atom is -0.411 e. The van der Waals surface area contributed by atoms with Crippen molar-refractivity contribution in [2.24, 2.45) is 5.73 Å². The number of rotatable bonds is 2. The van der Waals surface area contributed by atoms with Crippen LogP contribution in [-0.2, 0) is 0 Å². The quantitative estimate of drug-likeness (QED) is 0.517. The van der Waals surface area contributed by atoms with Gasteiger partial charge in [-0.15, -0.1) is 6.42 Å². The Bertz CT molecular complexity index is 367. The molecule has 1 aromatic carbocycles. The van der Waals surface area contributed by atoms with Gasteiger partial charge in [-0.1, -0.05) is 40.6 Å². The molecule has 1 amide bonds. The smallest absolute Gasteiger partial charge is 0.409 e. The van der Waals surface area contributed by atoms with Gasteiger partial charge < -0.3 is 10.5 Å². The number of nitrogens with two attached hydrogens (primary N) is 1. The van der Waals surface area contributed by atoms with E-state index in [1.54, 1.807) is 24.3 Å². The first-order valence-corrected chi connectivity index (χ1v) is 5.05. The van der Waals surface area contributed by atoms with Gasteiger partial charge in [0.1, 0.15) is 5.75 Å². The molecule has 0 aliphatic heterocycles. The Morgan fingerprint density at radius 1 is 1.50 bits per heavy atom. The van der Waals surface area contributed by atoms with Crippen molar-refractivity contribution in [3.63, 3.8) is 0 Å². The van der Waals surface area contributed by atoms with Crippen LogP contribution in [0.3, 0.4) is 0 Å². The molecule has 4 heteroatoms. The Morgan fingerprint density at radius 3 is 2.50 bits per heavy atom. The molecule has 0 spiro atoms. The first-order valence-electron chi connectivity index (χ1n) is 3.81. The number of carbonyl (C=O) groups is 1. The highest BCUT2D eigenvalue weighted by molar-refractivity contribution is 14.1. The van der Waals surface area contributed by atoms with Crippen molar-refractivity contribution in [2.45, 2.75) is 3.92 Å². The molecular formula is C10H8INO2. The van der Waals surface area contributed by atoms with Crippen molar-refractivity contribution < 1.29 is 9.53 Å². The van der Waals surface area contributed by atoms with E-state index in [1.807, 2.05) is 0 Å². The highest BCUT2D eigenvalue weighted by Gasteiger charge is 2.03. The number of hydrogen-bond acceptors (Lipinski definition) is 2. The van der Waals surface area contributed by atoms with Crippen LogP contribution in [-0.4, -0.2) is 6.09 Å². The molecule has 1 atom stereocenters. The normalized spacial score (nSPS) is 11.4. The maximum absolute atomic E-state index is 10.4. The molecule has 1 rings (SSSR count). The van der Waals surface area contributed by atoms with Crippen LogP contribution in [0.5, 0.6) is 5.75 Å². The molecule has 0 aromatic heterocycles. The third-order valence-corrected chi connectivity index (χ3v) is 2.62. The second-order valence-corrected chi connectivity index (χ2v) is 3.76. The first kappa shape index (κ1) is 10.9. The van der Waals surface area contributed by atoms with E-state index in [2.05, 4.69) is 33.2 Å². The number of alkyl halides is 1. The summed E-state index contributed by atoms with van der Waals surface area (Å²) in [4.78, 5) is 10.4. The summed E-state index contributed by atoms with van der Waals surface area (Å²) in [6, 6.07) is 6.91. The predicted molar refractivity (Wildman–Crippen MR) is 62.2 cm³/mol. The monoisotopic (exact) mass is 301 g/mol. The molecule has 0 aliphatic carbocycles. The van der Waals surface area contributed by atoms with Gasteiger partial charge in [-0.2, -0.15) is 0 Å². The number of carbonyl (C=O) groups excluding carboxylic acids is 1. The molecule has 3 nitrogen and oxygen atoms in total. The van der Waals surface area contributed by atoms with E-state index in [0.717, 1.165) is 5.56 Å². The van der Waals surface area contributed by atoms with Gasteiger partial charge >= 0.3 is 6.09 Å². The lowest BCUT2D eigenvalue weighted by Crippen LogP contribution is -2.16. The van der Waals surface area contributed by atoms with Crippen molar-refractivity contribution in [1.82, 2.24) is 0 Å². The molecular weight excluding hydrogens is 293 g/mol. The Labute approximate surface area is 95.8 Å². The van der Waals surface area contributed by atoms with Gasteiger partial charge in [-0.3, -0.25) is 0 Å². The van der Waals surface area contributed by atoms with Crippen LogP contribution >= 0.6 is 22.6 Å². The van der Waals surface area contributed by atoms with E-state index >= 15 is 0 Å². The van der Waals surface area contributed by atoms with Crippen molar-refractivity contribution in [1.29, 1.82) is 0 Å². The molecule has 72 valence electrons. The van der Waals surface area contributed by atoms with Crippen LogP contribution in [0.2, 0.25) is 0 Å². The second-order valence-electron chi connectivity index (χ2n) is 2.52. The van der Waals surface area contributed by atoms with Crippen LogP contribution in [0.25, 0.3) is 0 Å². The number of amides is 1. The molecule has 1 aromatic rings. The first-order chi connectivity index (χ1) is 6.63. The van der Waals surface area contributed by atoms with Crippen molar-refractivity contribution >= 4 is 28.7 Å². The Balaban J connectivity index is 2.79. The number of primary amides is 1. The lowest BCUT2D eigenvalue weighted by molar-refractivity contribution is 0.211. The minimum atomic E-state index is -0.819. The molecule has 2 N–H and O–H groups in total. The summed E-state index contributed by atoms with van der Waals surface area (Å²) >= 11 is 2.14. The van der Waals surface area contributed by atoms with Gasteiger partial charge in [-0.05, 0) is 17.7 Å². The standard InChI is InChI=1S/C10H8INO2/c1-2-9(11)7-3-5-8(6-4-7)14-10(12)13/h1,3-6,9H,(H2,12,13). The van der Waals surface area contributed by atoms with E-state index in [9.17, 15) is 4.79 Å². The Morgan fingerprint density at radius 2 is 2.07 bits per heavy atom. The number of hydrogen-bond donors (Lipinski definition) is 1. The molecule has 0 heterocycles. The van der Waals surface area contributed by atoms with E-state index < -0.39 is 6.09 Å². The Kier molecular flexibility index (Phi) is 3.77.